The van der Waals surface area contributed by atoms with Crippen LogP contribution in [0.5, 0.6) is 0 Å². The summed E-state index contributed by atoms with van der Waals surface area (Å²) in [5.41, 5.74) is 4.65. The molecule has 3 aromatic rings. The number of carbonyl (C=O) groups is 2. The minimum atomic E-state index is -3.42. The van der Waals surface area contributed by atoms with Gasteiger partial charge in [0.15, 0.2) is 0 Å². The van der Waals surface area contributed by atoms with Crippen molar-refractivity contribution in [1.29, 1.82) is 0 Å². The van der Waals surface area contributed by atoms with E-state index in [1.165, 1.54) is 16.2 Å². The van der Waals surface area contributed by atoms with E-state index in [9.17, 15) is 18.0 Å². The third-order valence-corrected chi connectivity index (χ3v) is 10.5. The van der Waals surface area contributed by atoms with Crippen LogP contribution in [0, 0.1) is 6.92 Å². The van der Waals surface area contributed by atoms with Gasteiger partial charge >= 0.3 is 6.03 Å². The maximum Gasteiger partial charge on any atom is 0.324 e. The van der Waals surface area contributed by atoms with Crippen LogP contribution in [0.1, 0.15) is 47.3 Å². The first-order chi connectivity index (χ1) is 20.9. The lowest BCUT2D eigenvalue weighted by Crippen LogP contribution is -2.35. The lowest BCUT2D eigenvalue weighted by atomic mass is 9.94. The lowest BCUT2D eigenvalue weighted by Gasteiger charge is -2.26. The molecule has 0 atom stereocenters. The number of thiophene rings is 1. The van der Waals surface area contributed by atoms with Crippen molar-refractivity contribution in [2.45, 2.75) is 39.7 Å². The summed E-state index contributed by atoms with van der Waals surface area (Å²) >= 11 is 1.35. The summed E-state index contributed by atoms with van der Waals surface area (Å²) in [6.07, 6.45) is 1.86. The van der Waals surface area contributed by atoms with Crippen LogP contribution < -0.4 is 15.4 Å². The van der Waals surface area contributed by atoms with E-state index >= 15 is 0 Å². The molecular formula is C31H40N6O5S2. The van der Waals surface area contributed by atoms with Gasteiger partial charge in [0.2, 0.25) is 10.0 Å². The van der Waals surface area contributed by atoms with Gasteiger partial charge in [-0.15, -0.1) is 11.3 Å². The summed E-state index contributed by atoms with van der Waals surface area (Å²) in [5.74, 6) is -0.478. The fourth-order valence-electron chi connectivity index (χ4n) is 5.08. The van der Waals surface area contributed by atoms with Crippen molar-refractivity contribution in [1.82, 2.24) is 19.5 Å². The third kappa shape index (κ3) is 8.02. The van der Waals surface area contributed by atoms with Crippen LogP contribution >= 0.6 is 11.3 Å². The van der Waals surface area contributed by atoms with E-state index in [0.717, 1.165) is 60.1 Å². The van der Waals surface area contributed by atoms with Crippen LogP contribution in [0.3, 0.4) is 0 Å². The highest BCUT2D eigenvalue weighted by Gasteiger charge is 2.29. The fourth-order valence-corrected chi connectivity index (χ4v) is 7.19. The third-order valence-electron chi connectivity index (χ3n) is 7.67. The molecule has 2 fully saturated rings. The van der Waals surface area contributed by atoms with Gasteiger partial charge in [-0.25, -0.2) is 17.9 Å². The molecule has 2 aliphatic heterocycles. The van der Waals surface area contributed by atoms with Crippen LogP contribution in [0.25, 0.3) is 11.1 Å². The van der Waals surface area contributed by atoms with Gasteiger partial charge < -0.3 is 15.0 Å². The van der Waals surface area contributed by atoms with Crippen LogP contribution in [0.2, 0.25) is 0 Å². The second-order valence-corrected chi connectivity index (χ2v) is 15.1. The first-order valence-corrected chi connectivity index (χ1v) is 17.2. The average Bonchev–Trinajstić information content (AvgIpc) is 3.31. The molecule has 3 amide bonds. The van der Waals surface area contributed by atoms with Gasteiger partial charge in [0.25, 0.3) is 5.91 Å². The first kappa shape index (κ1) is 32.0. The molecule has 2 aliphatic rings. The number of anilines is 2. The number of nitrogens with zero attached hydrogens (tertiary/aromatic N) is 3. The zero-order valence-electron chi connectivity index (χ0n) is 25.6. The predicted molar refractivity (Wildman–Crippen MR) is 174 cm³/mol. The first-order valence-electron chi connectivity index (χ1n) is 14.7. The highest BCUT2D eigenvalue weighted by Crippen LogP contribution is 2.37. The number of urea groups is 1. The monoisotopic (exact) mass is 640 g/mol. The molecule has 2 saturated heterocycles. The largest absolute Gasteiger partial charge is 0.379 e. The zero-order valence-corrected chi connectivity index (χ0v) is 27.2. The number of hydrogen-bond donors (Lipinski definition) is 3. The predicted octanol–water partition coefficient (Wildman–Crippen LogP) is 4.27. The maximum absolute atomic E-state index is 13.6. The molecule has 0 radical (unpaired) electrons. The van der Waals surface area contributed by atoms with Gasteiger partial charge in [0.05, 0.1) is 30.2 Å². The van der Waals surface area contributed by atoms with Gasteiger partial charge in [-0.3, -0.25) is 20.0 Å². The molecule has 0 bridgehead atoms. The number of aromatic nitrogens is 1. The number of hydrogen-bond acceptors (Lipinski definition) is 8. The summed E-state index contributed by atoms with van der Waals surface area (Å²) in [6, 6.07) is 11.1. The number of ether oxygens (including phenoxy) is 1. The molecule has 236 valence electrons. The number of amides is 3. The summed E-state index contributed by atoms with van der Waals surface area (Å²) in [6.45, 7) is 12.7. The summed E-state index contributed by atoms with van der Waals surface area (Å²) in [4.78, 5) is 36.3. The van der Waals surface area contributed by atoms with E-state index in [0.29, 0.717) is 16.3 Å². The van der Waals surface area contributed by atoms with Gasteiger partial charge in [-0.05, 0) is 47.7 Å². The smallest absolute Gasteiger partial charge is 0.324 e. The van der Waals surface area contributed by atoms with Crippen molar-refractivity contribution in [2.75, 3.05) is 62.3 Å². The molecule has 0 spiro atoms. The SMILES string of the molecule is Cc1ccc(NC(=O)Nc2sc(C(C)(C)C)cc2C(=O)N2CCNS(=O)(=O)CC2)cc1-c1ccc(CN2CCOCC2)nc1. The van der Waals surface area contributed by atoms with Crippen molar-refractivity contribution < 1.29 is 22.7 Å². The average molecular weight is 641 g/mol. The molecule has 0 aliphatic carbocycles. The van der Waals surface area contributed by atoms with E-state index in [4.69, 9.17) is 4.74 Å². The fraction of sp³-hybridized carbons (Fsp3) is 0.452. The van der Waals surface area contributed by atoms with Crippen LogP contribution in [0.15, 0.2) is 42.6 Å². The number of rotatable bonds is 6. The van der Waals surface area contributed by atoms with Crippen LogP contribution in [-0.4, -0.2) is 86.8 Å². The van der Waals surface area contributed by atoms with Gasteiger partial charge in [0.1, 0.15) is 5.00 Å². The Kier molecular flexibility index (Phi) is 9.71. The molecule has 0 saturated carbocycles. The highest BCUT2D eigenvalue weighted by molar-refractivity contribution is 7.89. The molecule has 13 heteroatoms. The maximum atomic E-state index is 13.6. The van der Waals surface area contributed by atoms with E-state index in [2.05, 4.69) is 31.3 Å². The highest BCUT2D eigenvalue weighted by atomic mass is 32.2. The number of sulfonamides is 1. The number of nitrogens with one attached hydrogen (secondary N) is 3. The molecule has 2 aromatic heterocycles. The Labute approximate surface area is 263 Å². The second kappa shape index (κ2) is 13.3. The number of aryl methyl sites for hydroxylation is 1. The topological polar surface area (TPSA) is 133 Å². The summed E-state index contributed by atoms with van der Waals surface area (Å²) < 4.78 is 31.9. The molecule has 11 nitrogen and oxygen atoms in total. The molecule has 44 heavy (non-hydrogen) atoms. The van der Waals surface area contributed by atoms with Gasteiger partial charge in [0, 0.05) is 61.6 Å². The number of carbonyl (C=O) groups excluding carboxylic acids is 2. The molecule has 0 unspecified atom stereocenters. The minimum Gasteiger partial charge on any atom is -0.379 e. The summed E-state index contributed by atoms with van der Waals surface area (Å²) in [7, 11) is -3.42. The second-order valence-electron chi connectivity index (χ2n) is 12.1. The Morgan fingerprint density at radius 3 is 2.52 bits per heavy atom. The van der Waals surface area contributed by atoms with Gasteiger partial charge in [-0.2, -0.15) is 0 Å². The molecule has 1 aromatic carbocycles. The normalized spacial score (nSPS) is 17.6. The quantitative estimate of drug-likeness (QED) is 0.367. The Bertz CT molecular complexity index is 1610. The molecule has 3 N–H and O–H groups in total. The zero-order chi connectivity index (χ0) is 31.5. The minimum absolute atomic E-state index is 0.0791. The molecular weight excluding hydrogens is 601 g/mol. The van der Waals surface area contributed by atoms with Crippen molar-refractivity contribution >= 4 is 44.0 Å². The standard InChI is InChI=1S/C31H40N6O5S2/c1-21-5-7-23(17-25(21)22-6-8-24(32-19-22)20-36-11-14-42-15-12-36)34-30(39)35-28-26(18-27(43-28)31(2,3)4)29(38)37-10-9-33-44(40,41)16-13-37/h5-8,17-19,33H,9-16,20H2,1-4H3,(H2,34,35,39). The summed E-state index contributed by atoms with van der Waals surface area (Å²) in [5, 5.41) is 6.22. The van der Waals surface area contributed by atoms with Crippen molar-refractivity contribution in [3.05, 3.63) is 64.3 Å². The van der Waals surface area contributed by atoms with Crippen LogP contribution in [0.4, 0.5) is 15.5 Å². The number of benzene rings is 1. The number of pyridine rings is 1. The van der Waals surface area contributed by atoms with Crippen molar-refractivity contribution in [3.8, 4) is 11.1 Å². The van der Waals surface area contributed by atoms with E-state index < -0.39 is 16.1 Å². The Balaban J connectivity index is 1.30. The molecule has 4 heterocycles. The van der Waals surface area contributed by atoms with E-state index in [-0.39, 0.29) is 36.7 Å². The van der Waals surface area contributed by atoms with Crippen LogP contribution in [-0.2, 0) is 26.7 Å². The van der Waals surface area contributed by atoms with Crippen molar-refractivity contribution in [3.63, 3.8) is 0 Å². The Morgan fingerprint density at radius 1 is 1.05 bits per heavy atom. The molecule has 5 rings (SSSR count). The van der Waals surface area contributed by atoms with Gasteiger partial charge in [-0.1, -0.05) is 32.9 Å². The number of morpholine rings is 1. The lowest BCUT2D eigenvalue weighted by molar-refractivity contribution is 0.0336. The van der Waals surface area contributed by atoms with E-state index in [1.807, 2.05) is 58.2 Å². The Hall–Kier alpha value is -3.36. The Morgan fingerprint density at radius 2 is 1.82 bits per heavy atom. The van der Waals surface area contributed by atoms with E-state index in [1.54, 1.807) is 6.07 Å². The van der Waals surface area contributed by atoms with Crippen molar-refractivity contribution in [2.24, 2.45) is 0 Å².